The van der Waals surface area contributed by atoms with Gasteiger partial charge in [-0.1, -0.05) is 6.07 Å². The molecule has 2 amide bonds. The average molecular weight is 310 g/mol. The minimum atomic E-state index is -4.52. The zero-order valence-electron chi connectivity index (χ0n) is 10.5. The van der Waals surface area contributed by atoms with Crippen LogP contribution in [-0.2, 0) is 14.4 Å². The van der Waals surface area contributed by atoms with E-state index < -0.39 is 24.7 Å². The SMILES string of the molecule is CC(=O)NC(CC(=O)NOCC(F)(F)F)c1cccs1. The summed E-state index contributed by atoms with van der Waals surface area (Å²) in [5.74, 6) is -1.09. The topological polar surface area (TPSA) is 67.4 Å². The molecule has 0 aliphatic rings. The number of hydroxylamine groups is 1. The summed E-state index contributed by atoms with van der Waals surface area (Å²) in [5, 5.41) is 4.32. The molecule has 1 heterocycles. The standard InChI is InChI=1S/C11H13F3N2O3S/c1-7(17)15-8(9-3-2-4-20-9)5-10(18)16-19-6-11(12,13)14/h2-4,8H,5-6H2,1H3,(H,15,17)(H,16,18). The van der Waals surface area contributed by atoms with Crippen LogP contribution < -0.4 is 10.8 Å². The molecule has 112 valence electrons. The van der Waals surface area contributed by atoms with Crippen LogP contribution >= 0.6 is 11.3 Å². The van der Waals surface area contributed by atoms with Crippen LogP contribution in [0.5, 0.6) is 0 Å². The zero-order chi connectivity index (χ0) is 15.2. The number of halogens is 3. The third-order valence-corrected chi connectivity index (χ3v) is 3.06. The van der Waals surface area contributed by atoms with Crippen molar-refractivity contribution in [1.82, 2.24) is 10.8 Å². The van der Waals surface area contributed by atoms with Gasteiger partial charge in [0.05, 0.1) is 12.5 Å². The van der Waals surface area contributed by atoms with Crippen LogP contribution in [0.2, 0.25) is 0 Å². The fourth-order valence-electron chi connectivity index (χ4n) is 1.38. The number of rotatable bonds is 6. The highest BCUT2D eigenvalue weighted by Crippen LogP contribution is 2.22. The molecule has 0 saturated heterocycles. The third kappa shape index (κ3) is 6.53. The van der Waals surface area contributed by atoms with Gasteiger partial charge in [0.15, 0.2) is 6.61 Å². The van der Waals surface area contributed by atoms with E-state index in [1.54, 1.807) is 23.0 Å². The van der Waals surface area contributed by atoms with E-state index in [1.807, 2.05) is 0 Å². The van der Waals surface area contributed by atoms with Crippen LogP contribution in [0.15, 0.2) is 17.5 Å². The molecule has 9 heteroatoms. The van der Waals surface area contributed by atoms with E-state index in [-0.39, 0.29) is 12.3 Å². The Bertz CT molecular complexity index is 448. The summed E-state index contributed by atoms with van der Waals surface area (Å²) in [4.78, 5) is 27.3. The molecule has 2 N–H and O–H groups in total. The fraction of sp³-hybridized carbons (Fsp3) is 0.455. The lowest BCUT2D eigenvalue weighted by atomic mass is 10.1. The van der Waals surface area contributed by atoms with E-state index in [2.05, 4.69) is 10.2 Å². The first-order valence-electron chi connectivity index (χ1n) is 5.56. The Morgan fingerprint density at radius 3 is 2.65 bits per heavy atom. The first-order valence-corrected chi connectivity index (χ1v) is 6.44. The van der Waals surface area contributed by atoms with Gasteiger partial charge in [-0.2, -0.15) is 13.2 Å². The Hall–Kier alpha value is -1.61. The second-order valence-electron chi connectivity index (χ2n) is 3.90. The molecule has 0 saturated carbocycles. The van der Waals surface area contributed by atoms with Crippen molar-refractivity contribution in [2.45, 2.75) is 25.6 Å². The summed E-state index contributed by atoms with van der Waals surface area (Å²) >= 11 is 1.33. The summed E-state index contributed by atoms with van der Waals surface area (Å²) < 4.78 is 35.5. The maximum absolute atomic E-state index is 11.8. The van der Waals surface area contributed by atoms with Gasteiger partial charge < -0.3 is 5.32 Å². The molecule has 0 aromatic carbocycles. The van der Waals surface area contributed by atoms with Crippen LogP contribution in [0, 0.1) is 0 Å². The predicted octanol–water partition coefficient (Wildman–Crippen LogP) is 1.93. The van der Waals surface area contributed by atoms with Crippen molar-refractivity contribution < 1.29 is 27.6 Å². The van der Waals surface area contributed by atoms with Gasteiger partial charge in [0, 0.05) is 11.8 Å². The molecule has 1 aromatic rings. The minimum absolute atomic E-state index is 0.210. The summed E-state index contributed by atoms with van der Waals surface area (Å²) in [5.41, 5.74) is 1.70. The maximum Gasteiger partial charge on any atom is 0.414 e. The Morgan fingerprint density at radius 2 is 2.15 bits per heavy atom. The van der Waals surface area contributed by atoms with Crippen molar-refractivity contribution >= 4 is 23.2 Å². The predicted molar refractivity (Wildman–Crippen MR) is 65.6 cm³/mol. The van der Waals surface area contributed by atoms with Crippen LogP contribution in [-0.4, -0.2) is 24.6 Å². The van der Waals surface area contributed by atoms with Crippen molar-refractivity contribution in [3.63, 3.8) is 0 Å². The summed E-state index contributed by atoms with van der Waals surface area (Å²) in [6, 6.07) is 2.86. The third-order valence-electron chi connectivity index (χ3n) is 2.08. The Labute approximate surface area is 117 Å². The molecule has 1 aromatic heterocycles. The highest BCUT2D eigenvalue weighted by atomic mass is 32.1. The number of nitrogens with one attached hydrogen (secondary N) is 2. The van der Waals surface area contributed by atoms with Crippen molar-refractivity contribution in [3.05, 3.63) is 22.4 Å². The second-order valence-corrected chi connectivity index (χ2v) is 4.88. The van der Waals surface area contributed by atoms with Crippen molar-refractivity contribution in [2.75, 3.05) is 6.61 Å². The minimum Gasteiger partial charge on any atom is -0.348 e. The molecule has 0 radical (unpaired) electrons. The number of thiophene rings is 1. The summed E-state index contributed by atoms with van der Waals surface area (Å²) in [6.45, 7) is -0.277. The first-order chi connectivity index (χ1) is 9.28. The van der Waals surface area contributed by atoms with E-state index in [9.17, 15) is 22.8 Å². The van der Waals surface area contributed by atoms with Gasteiger partial charge in [0.2, 0.25) is 11.8 Å². The van der Waals surface area contributed by atoms with Crippen LogP contribution in [0.4, 0.5) is 13.2 Å². The van der Waals surface area contributed by atoms with Crippen LogP contribution in [0.25, 0.3) is 0 Å². The van der Waals surface area contributed by atoms with Crippen LogP contribution in [0.3, 0.4) is 0 Å². The van der Waals surface area contributed by atoms with Crippen molar-refractivity contribution in [1.29, 1.82) is 0 Å². The van der Waals surface area contributed by atoms with Gasteiger partial charge >= 0.3 is 6.18 Å². The molecular weight excluding hydrogens is 297 g/mol. The van der Waals surface area contributed by atoms with Gasteiger partial charge in [0.1, 0.15) is 0 Å². The zero-order valence-corrected chi connectivity index (χ0v) is 11.3. The quantitative estimate of drug-likeness (QED) is 0.789. The lowest BCUT2D eigenvalue weighted by molar-refractivity contribution is -0.191. The molecule has 20 heavy (non-hydrogen) atoms. The maximum atomic E-state index is 11.8. The summed E-state index contributed by atoms with van der Waals surface area (Å²) in [7, 11) is 0. The number of hydrogen-bond donors (Lipinski definition) is 2. The Kier molecular flexibility index (Phi) is 5.96. The van der Waals surface area contributed by atoms with E-state index in [4.69, 9.17) is 0 Å². The smallest absolute Gasteiger partial charge is 0.348 e. The molecule has 0 bridgehead atoms. The number of carbonyl (C=O) groups is 2. The lowest BCUT2D eigenvalue weighted by Gasteiger charge is -2.16. The second kappa shape index (κ2) is 7.25. The highest BCUT2D eigenvalue weighted by molar-refractivity contribution is 7.10. The van der Waals surface area contributed by atoms with Gasteiger partial charge in [-0.25, -0.2) is 5.48 Å². The summed E-state index contributed by atoms with van der Waals surface area (Å²) in [6.07, 6.45) is -4.73. The van der Waals surface area contributed by atoms with Crippen LogP contribution in [0.1, 0.15) is 24.3 Å². The van der Waals surface area contributed by atoms with Gasteiger partial charge in [-0.05, 0) is 11.4 Å². The Morgan fingerprint density at radius 1 is 1.45 bits per heavy atom. The number of hydrogen-bond acceptors (Lipinski definition) is 4. The van der Waals surface area contributed by atoms with E-state index in [1.165, 1.54) is 18.3 Å². The molecule has 0 aliphatic heterocycles. The number of alkyl halides is 3. The van der Waals surface area contributed by atoms with Crippen molar-refractivity contribution in [2.24, 2.45) is 0 Å². The number of amides is 2. The van der Waals surface area contributed by atoms with Gasteiger partial charge in [0.25, 0.3) is 0 Å². The molecule has 0 aliphatic carbocycles. The van der Waals surface area contributed by atoms with E-state index in [0.717, 1.165) is 4.88 Å². The molecule has 0 fully saturated rings. The first kappa shape index (κ1) is 16.4. The molecule has 1 atom stereocenters. The largest absolute Gasteiger partial charge is 0.414 e. The van der Waals surface area contributed by atoms with Crippen molar-refractivity contribution in [3.8, 4) is 0 Å². The normalized spacial score (nSPS) is 12.8. The fourth-order valence-corrected chi connectivity index (χ4v) is 2.16. The van der Waals surface area contributed by atoms with Gasteiger partial charge in [-0.3, -0.25) is 14.4 Å². The van der Waals surface area contributed by atoms with Gasteiger partial charge in [-0.15, -0.1) is 11.3 Å². The lowest BCUT2D eigenvalue weighted by Crippen LogP contribution is -2.34. The molecule has 1 rings (SSSR count). The molecule has 1 unspecified atom stereocenters. The highest BCUT2D eigenvalue weighted by Gasteiger charge is 2.28. The molecule has 5 nitrogen and oxygen atoms in total. The number of carbonyl (C=O) groups excluding carboxylic acids is 2. The molecular formula is C11H13F3N2O3S. The van der Waals surface area contributed by atoms with E-state index in [0.29, 0.717) is 0 Å². The molecule has 0 spiro atoms. The monoisotopic (exact) mass is 310 g/mol. The average Bonchev–Trinajstić information content (AvgIpc) is 2.78. The Balaban J connectivity index is 2.49. The van der Waals surface area contributed by atoms with E-state index >= 15 is 0 Å².